The predicted octanol–water partition coefficient (Wildman–Crippen LogP) is 3.04. The topological polar surface area (TPSA) is 98.6 Å². The van der Waals surface area contributed by atoms with Crippen LogP contribution < -0.4 is 10.5 Å². The monoisotopic (exact) mass is 366 g/mol. The lowest BCUT2D eigenvalue weighted by molar-refractivity contribution is 0.0996. The maximum Gasteiger partial charge on any atom is 0.254 e. The quantitative estimate of drug-likeness (QED) is 0.638. The van der Waals surface area contributed by atoms with E-state index in [0.717, 1.165) is 16.9 Å². The van der Waals surface area contributed by atoms with Gasteiger partial charge in [0.15, 0.2) is 0 Å². The number of methoxy groups -OCH3 is 1. The number of hydrogen-bond acceptors (Lipinski definition) is 5. The van der Waals surface area contributed by atoms with Gasteiger partial charge in [0, 0.05) is 12.8 Å². The Hall–Kier alpha value is -3.12. The Morgan fingerprint density at radius 3 is 2.52 bits per heavy atom. The first kappa shape index (κ1) is 18.7. The van der Waals surface area contributed by atoms with Crippen molar-refractivity contribution in [3.05, 3.63) is 82.7 Å². The second-order valence-corrected chi connectivity index (χ2v) is 6.28. The van der Waals surface area contributed by atoms with Crippen LogP contribution in [0.1, 0.15) is 45.5 Å². The molecule has 0 saturated carbocycles. The van der Waals surface area contributed by atoms with Crippen LogP contribution in [-0.2, 0) is 12.8 Å². The van der Waals surface area contributed by atoms with Gasteiger partial charge in [0.2, 0.25) is 0 Å². The molecule has 0 saturated heterocycles. The number of aliphatic hydroxyl groups is 1. The van der Waals surface area contributed by atoms with Crippen molar-refractivity contribution < 1.29 is 19.2 Å². The molecule has 1 amide bonds. The third-order valence-corrected chi connectivity index (χ3v) is 4.44. The molecule has 0 radical (unpaired) electrons. The molecule has 0 aliphatic carbocycles. The van der Waals surface area contributed by atoms with Gasteiger partial charge in [0.05, 0.1) is 13.2 Å². The maximum absolute atomic E-state index is 11.9. The minimum Gasteiger partial charge on any atom is -0.497 e. The summed E-state index contributed by atoms with van der Waals surface area (Å²) >= 11 is 0. The molecule has 3 aromatic rings. The lowest BCUT2D eigenvalue weighted by Crippen LogP contribution is -2.15. The molecule has 1 atom stereocenters. The predicted molar refractivity (Wildman–Crippen MR) is 101 cm³/mol. The molecule has 1 heterocycles. The van der Waals surface area contributed by atoms with Crippen LogP contribution >= 0.6 is 0 Å². The normalized spacial score (nSPS) is 11.9. The highest BCUT2D eigenvalue weighted by atomic mass is 16.5. The van der Waals surface area contributed by atoms with Gasteiger partial charge in [0.1, 0.15) is 22.8 Å². The summed E-state index contributed by atoms with van der Waals surface area (Å²) in [6, 6.07) is 16.8. The minimum atomic E-state index is -0.651. The Bertz CT molecular complexity index is 888. The molecule has 6 heteroatoms. The number of ether oxygens (including phenoxy) is 1. The number of aliphatic hydroxyl groups excluding tert-OH is 1. The Morgan fingerprint density at radius 1 is 1.19 bits per heavy atom. The molecular formula is C21H22N2O4. The number of aryl methyl sites for hydroxylation is 1. The molecule has 1 aromatic heterocycles. The summed E-state index contributed by atoms with van der Waals surface area (Å²) in [5.41, 5.74) is 8.13. The zero-order chi connectivity index (χ0) is 19.2. The van der Waals surface area contributed by atoms with Crippen molar-refractivity contribution in [1.82, 2.24) is 5.16 Å². The lowest BCUT2D eigenvalue weighted by atomic mass is 10.00. The average molecular weight is 366 g/mol. The van der Waals surface area contributed by atoms with Gasteiger partial charge in [0.25, 0.3) is 5.91 Å². The second-order valence-electron chi connectivity index (χ2n) is 6.28. The van der Waals surface area contributed by atoms with E-state index in [-0.39, 0.29) is 0 Å². The van der Waals surface area contributed by atoms with Gasteiger partial charge in [-0.25, -0.2) is 0 Å². The molecule has 2 aromatic carbocycles. The van der Waals surface area contributed by atoms with Crippen molar-refractivity contribution >= 4 is 5.91 Å². The van der Waals surface area contributed by atoms with Crippen molar-refractivity contribution in [2.45, 2.75) is 25.4 Å². The van der Waals surface area contributed by atoms with Crippen molar-refractivity contribution in [2.75, 3.05) is 7.11 Å². The van der Waals surface area contributed by atoms with Crippen molar-refractivity contribution in [3.8, 4) is 5.75 Å². The molecule has 6 nitrogen and oxygen atoms in total. The van der Waals surface area contributed by atoms with Crippen molar-refractivity contribution in [2.24, 2.45) is 5.73 Å². The summed E-state index contributed by atoms with van der Waals surface area (Å²) in [5.74, 6) is 0.578. The van der Waals surface area contributed by atoms with Crippen LogP contribution in [0.15, 0.2) is 59.1 Å². The van der Waals surface area contributed by atoms with Crippen LogP contribution in [0.5, 0.6) is 5.75 Å². The molecule has 0 aliphatic rings. The second kappa shape index (κ2) is 8.51. The SMILES string of the molecule is COc1ccc(Cc2noc(CCC(O)c3ccccc3)c2C(N)=O)cc1. The number of carbonyl (C=O) groups is 1. The Kier molecular flexibility index (Phi) is 5.88. The Morgan fingerprint density at radius 2 is 1.89 bits per heavy atom. The lowest BCUT2D eigenvalue weighted by Gasteiger charge is -2.09. The largest absolute Gasteiger partial charge is 0.497 e. The van der Waals surface area contributed by atoms with Gasteiger partial charge >= 0.3 is 0 Å². The van der Waals surface area contributed by atoms with Gasteiger partial charge in [-0.05, 0) is 29.7 Å². The fourth-order valence-electron chi connectivity index (χ4n) is 2.98. The summed E-state index contributed by atoms with van der Waals surface area (Å²) in [7, 11) is 1.61. The number of carbonyl (C=O) groups excluding carboxylic acids is 1. The zero-order valence-corrected chi connectivity index (χ0v) is 15.1. The van der Waals surface area contributed by atoms with Crippen LogP contribution in [0.3, 0.4) is 0 Å². The van der Waals surface area contributed by atoms with E-state index < -0.39 is 12.0 Å². The molecule has 0 fully saturated rings. The number of primary amides is 1. The first-order valence-corrected chi connectivity index (χ1v) is 8.71. The van der Waals surface area contributed by atoms with E-state index in [9.17, 15) is 9.90 Å². The fourth-order valence-corrected chi connectivity index (χ4v) is 2.98. The first-order valence-electron chi connectivity index (χ1n) is 8.71. The van der Waals surface area contributed by atoms with Crippen LogP contribution in [0.2, 0.25) is 0 Å². The van der Waals surface area contributed by atoms with Gasteiger partial charge in [-0.2, -0.15) is 0 Å². The van der Waals surface area contributed by atoms with Crippen LogP contribution in [-0.4, -0.2) is 23.3 Å². The van der Waals surface area contributed by atoms with Crippen LogP contribution in [0, 0.1) is 0 Å². The van der Waals surface area contributed by atoms with Gasteiger partial charge < -0.3 is 20.1 Å². The smallest absolute Gasteiger partial charge is 0.254 e. The molecule has 0 aliphatic heterocycles. The van der Waals surface area contributed by atoms with Gasteiger partial charge in [-0.1, -0.05) is 47.6 Å². The number of rotatable bonds is 8. The highest BCUT2D eigenvalue weighted by Crippen LogP contribution is 2.24. The van der Waals surface area contributed by atoms with E-state index in [0.29, 0.717) is 36.3 Å². The zero-order valence-electron chi connectivity index (χ0n) is 15.1. The van der Waals surface area contributed by atoms with Crippen LogP contribution in [0.4, 0.5) is 0 Å². The molecule has 140 valence electrons. The molecule has 0 spiro atoms. The minimum absolute atomic E-state index is 0.297. The summed E-state index contributed by atoms with van der Waals surface area (Å²) in [6.07, 6.45) is 0.542. The average Bonchev–Trinajstić information content (AvgIpc) is 3.10. The molecule has 3 N–H and O–H groups in total. The number of nitrogens with zero attached hydrogens (tertiary/aromatic N) is 1. The molecule has 0 bridgehead atoms. The van der Waals surface area contributed by atoms with Crippen LogP contribution in [0.25, 0.3) is 0 Å². The van der Waals surface area contributed by atoms with E-state index in [1.165, 1.54) is 0 Å². The Labute approximate surface area is 157 Å². The number of nitrogens with two attached hydrogens (primary N) is 1. The summed E-state index contributed by atoms with van der Waals surface area (Å²) in [4.78, 5) is 11.9. The number of benzene rings is 2. The number of aromatic nitrogens is 1. The standard InChI is InChI=1S/C21H22N2O4/c1-26-16-9-7-14(8-10-16)13-17-20(21(22)25)19(27-23-17)12-11-18(24)15-5-3-2-4-6-15/h2-10,18,24H,11-13H2,1H3,(H2,22,25). The first-order chi connectivity index (χ1) is 13.1. The molecule has 27 heavy (non-hydrogen) atoms. The fraction of sp³-hybridized carbons (Fsp3) is 0.238. The van der Waals surface area contributed by atoms with Gasteiger partial charge in [-0.15, -0.1) is 0 Å². The number of amides is 1. The molecule has 3 rings (SSSR count). The van der Waals surface area contributed by atoms with Crippen molar-refractivity contribution in [1.29, 1.82) is 0 Å². The summed E-state index contributed by atoms with van der Waals surface area (Å²) in [6.45, 7) is 0. The highest BCUT2D eigenvalue weighted by Gasteiger charge is 2.22. The van der Waals surface area contributed by atoms with E-state index in [2.05, 4.69) is 5.16 Å². The summed E-state index contributed by atoms with van der Waals surface area (Å²) in [5, 5.41) is 14.3. The molecule has 1 unspecified atom stereocenters. The molecular weight excluding hydrogens is 344 g/mol. The van der Waals surface area contributed by atoms with E-state index in [1.807, 2.05) is 54.6 Å². The van der Waals surface area contributed by atoms with Gasteiger partial charge in [-0.3, -0.25) is 4.79 Å². The Balaban J connectivity index is 1.73. The van der Waals surface area contributed by atoms with E-state index in [4.69, 9.17) is 15.0 Å². The maximum atomic E-state index is 11.9. The van der Waals surface area contributed by atoms with Crippen molar-refractivity contribution in [3.63, 3.8) is 0 Å². The third kappa shape index (κ3) is 4.54. The highest BCUT2D eigenvalue weighted by molar-refractivity contribution is 5.95. The summed E-state index contributed by atoms with van der Waals surface area (Å²) < 4.78 is 10.5. The van der Waals surface area contributed by atoms with E-state index >= 15 is 0 Å². The third-order valence-electron chi connectivity index (χ3n) is 4.44. The van der Waals surface area contributed by atoms with E-state index in [1.54, 1.807) is 7.11 Å². The number of hydrogen-bond donors (Lipinski definition) is 2.